The molecule has 2 aromatic rings. The fourth-order valence-corrected chi connectivity index (χ4v) is 1.38. The second kappa shape index (κ2) is 5.07. The lowest BCUT2D eigenvalue weighted by atomic mass is 10.2. The van der Waals surface area contributed by atoms with Gasteiger partial charge in [-0.25, -0.2) is 4.79 Å². The Morgan fingerprint density at radius 3 is 2.41 bits per heavy atom. The van der Waals surface area contributed by atoms with Crippen molar-refractivity contribution in [3.63, 3.8) is 0 Å². The SMILES string of the molecule is O=C(O)c1ccc(/C=C\c2ccccc2)nc1. The molecule has 2 rings (SSSR count). The maximum atomic E-state index is 10.6. The molecule has 0 fully saturated rings. The second-order valence-electron chi connectivity index (χ2n) is 3.52. The Kier molecular flexibility index (Phi) is 3.31. The van der Waals surface area contributed by atoms with Gasteiger partial charge >= 0.3 is 5.97 Å². The van der Waals surface area contributed by atoms with Gasteiger partial charge in [-0.2, -0.15) is 0 Å². The lowest BCUT2D eigenvalue weighted by molar-refractivity contribution is 0.0696. The first-order valence-corrected chi connectivity index (χ1v) is 5.18. The molecule has 0 aliphatic rings. The van der Waals surface area contributed by atoms with Gasteiger partial charge in [0.1, 0.15) is 0 Å². The minimum absolute atomic E-state index is 0.196. The van der Waals surface area contributed by atoms with Crippen molar-refractivity contribution >= 4 is 18.1 Å². The molecule has 1 heterocycles. The number of aromatic carboxylic acids is 1. The summed E-state index contributed by atoms with van der Waals surface area (Å²) in [7, 11) is 0. The molecule has 84 valence electrons. The highest BCUT2D eigenvalue weighted by molar-refractivity contribution is 5.87. The molecular formula is C14H11NO2. The van der Waals surface area contributed by atoms with Crippen LogP contribution >= 0.6 is 0 Å². The summed E-state index contributed by atoms with van der Waals surface area (Å²) in [6.07, 6.45) is 5.14. The van der Waals surface area contributed by atoms with Crippen LogP contribution in [0.4, 0.5) is 0 Å². The third kappa shape index (κ3) is 3.01. The van der Waals surface area contributed by atoms with Crippen LogP contribution in [0.15, 0.2) is 48.7 Å². The summed E-state index contributed by atoms with van der Waals surface area (Å²) in [5, 5.41) is 8.73. The maximum absolute atomic E-state index is 10.6. The topological polar surface area (TPSA) is 50.2 Å². The summed E-state index contributed by atoms with van der Waals surface area (Å²) in [6.45, 7) is 0. The smallest absolute Gasteiger partial charge is 0.337 e. The van der Waals surface area contributed by atoms with E-state index in [4.69, 9.17) is 5.11 Å². The number of aromatic nitrogens is 1. The predicted molar refractivity (Wildman–Crippen MR) is 66.6 cm³/mol. The predicted octanol–water partition coefficient (Wildman–Crippen LogP) is 2.95. The van der Waals surface area contributed by atoms with Gasteiger partial charge in [-0.1, -0.05) is 36.4 Å². The molecule has 0 radical (unpaired) electrons. The summed E-state index contributed by atoms with van der Waals surface area (Å²) in [6, 6.07) is 13.1. The van der Waals surface area contributed by atoms with Crippen molar-refractivity contribution in [3.8, 4) is 0 Å². The van der Waals surface area contributed by atoms with E-state index >= 15 is 0 Å². The molecule has 0 saturated carbocycles. The maximum Gasteiger partial charge on any atom is 0.337 e. The molecule has 1 N–H and O–H groups in total. The number of carboxylic acids is 1. The van der Waals surface area contributed by atoms with Crippen molar-refractivity contribution in [2.75, 3.05) is 0 Å². The number of carbonyl (C=O) groups is 1. The Hall–Kier alpha value is -2.42. The summed E-state index contributed by atoms with van der Waals surface area (Å²) in [5.41, 5.74) is 2.01. The van der Waals surface area contributed by atoms with Crippen LogP contribution in [0.25, 0.3) is 12.2 Å². The van der Waals surface area contributed by atoms with E-state index in [2.05, 4.69) is 4.98 Å². The van der Waals surface area contributed by atoms with Gasteiger partial charge < -0.3 is 5.11 Å². The average Bonchev–Trinajstić information content (AvgIpc) is 2.38. The average molecular weight is 225 g/mol. The molecule has 0 spiro atoms. The van der Waals surface area contributed by atoms with Crippen molar-refractivity contribution in [3.05, 3.63) is 65.5 Å². The Morgan fingerprint density at radius 2 is 1.82 bits per heavy atom. The van der Waals surface area contributed by atoms with Gasteiger partial charge in [0, 0.05) is 6.20 Å². The normalized spacial score (nSPS) is 10.6. The Bertz CT molecular complexity index is 530. The van der Waals surface area contributed by atoms with Gasteiger partial charge in [0.15, 0.2) is 0 Å². The van der Waals surface area contributed by atoms with Crippen LogP contribution in [0, 0.1) is 0 Å². The molecule has 3 nitrogen and oxygen atoms in total. The number of carboxylic acid groups (broad SMARTS) is 1. The molecule has 0 saturated heterocycles. The van der Waals surface area contributed by atoms with E-state index < -0.39 is 5.97 Å². The van der Waals surface area contributed by atoms with E-state index in [1.165, 1.54) is 6.20 Å². The minimum atomic E-state index is -0.962. The van der Waals surface area contributed by atoms with E-state index in [1.807, 2.05) is 42.5 Å². The van der Waals surface area contributed by atoms with Crippen molar-refractivity contribution in [1.82, 2.24) is 4.98 Å². The fourth-order valence-electron chi connectivity index (χ4n) is 1.38. The Balaban J connectivity index is 2.14. The third-order valence-electron chi connectivity index (χ3n) is 2.28. The van der Waals surface area contributed by atoms with E-state index in [0.29, 0.717) is 0 Å². The van der Waals surface area contributed by atoms with Crippen molar-refractivity contribution in [2.45, 2.75) is 0 Å². The van der Waals surface area contributed by atoms with Gasteiger partial charge in [-0.05, 0) is 23.8 Å². The Morgan fingerprint density at radius 1 is 1.06 bits per heavy atom. The van der Waals surface area contributed by atoms with Crippen LogP contribution in [0.1, 0.15) is 21.6 Å². The van der Waals surface area contributed by atoms with Crippen molar-refractivity contribution < 1.29 is 9.90 Å². The van der Waals surface area contributed by atoms with E-state index in [9.17, 15) is 4.79 Å². The summed E-state index contributed by atoms with van der Waals surface area (Å²) >= 11 is 0. The molecule has 1 aromatic carbocycles. The van der Waals surface area contributed by atoms with Crippen LogP contribution < -0.4 is 0 Å². The quantitative estimate of drug-likeness (QED) is 0.873. The zero-order chi connectivity index (χ0) is 12.1. The summed E-state index contributed by atoms with van der Waals surface area (Å²) in [5.74, 6) is -0.962. The molecule has 0 aliphatic carbocycles. The molecule has 0 bridgehead atoms. The Labute approximate surface area is 99.1 Å². The lowest BCUT2D eigenvalue weighted by Crippen LogP contribution is -1.96. The first-order valence-electron chi connectivity index (χ1n) is 5.18. The van der Waals surface area contributed by atoms with E-state index in [-0.39, 0.29) is 5.56 Å². The van der Waals surface area contributed by atoms with Gasteiger partial charge in [0.25, 0.3) is 0 Å². The molecule has 1 aromatic heterocycles. The van der Waals surface area contributed by atoms with Crippen LogP contribution in [0.5, 0.6) is 0 Å². The number of benzene rings is 1. The minimum Gasteiger partial charge on any atom is -0.478 e. The highest BCUT2D eigenvalue weighted by Crippen LogP contribution is 2.07. The van der Waals surface area contributed by atoms with Gasteiger partial charge in [-0.15, -0.1) is 0 Å². The number of hydrogen-bond donors (Lipinski definition) is 1. The third-order valence-corrected chi connectivity index (χ3v) is 2.28. The first kappa shape index (κ1) is 11.1. The van der Waals surface area contributed by atoms with Gasteiger partial charge in [0.2, 0.25) is 0 Å². The number of nitrogens with zero attached hydrogens (tertiary/aromatic N) is 1. The van der Waals surface area contributed by atoms with E-state index in [0.717, 1.165) is 11.3 Å². The van der Waals surface area contributed by atoms with Crippen LogP contribution in [0.3, 0.4) is 0 Å². The van der Waals surface area contributed by atoms with Crippen LogP contribution in [-0.4, -0.2) is 16.1 Å². The van der Waals surface area contributed by atoms with Gasteiger partial charge in [-0.3, -0.25) is 4.98 Å². The fraction of sp³-hybridized carbons (Fsp3) is 0. The standard InChI is InChI=1S/C14H11NO2/c16-14(17)12-7-9-13(15-10-12)8-6-11-4-2-1-3-5-11/h1-10H,(H,16,17)/b8-6-. The number of hydrogen-bond acceptors (Lipinski definition) is 2. The lowest BCUT2D eigenvalue weighted by Gasteiger charge is -1.95. The van der Waals surface area contributed by atoms with Crippen molar-refractivity contribution in [2.24, 2.45) is 0 Å². The van der Waals surface area contributed by atoms with Gasteiger partial charge in [0.05, 0.1) is 11.3 Å². The molecule has 0 unspecified atom stereocenters. The van der Waals surface area contributed by atoms with Crippen LogP contribution in [0.2, 0.25) is 0 Å². The summed E-state index contributed by atoms with van der Waals surface area (Å²) < 4.78 is 0. The molecule has 17 heavy (non-hydrogen) atoms. The van der Waals surface area contributed by atoms with Crippen molar-refractivity contribution in [1.29, 1.82) is 0 Å². The molecule has 0 aliphatic heterocycles. The highest BCUT2D eigenvalue weighted by atomic mass is 16.4. The number of rotatable bonds is 3. The number of pyridine rings is 1. The first-order chi connectivity index (χ1) is 8.25. The van der Waals surface area contributed by atoms with E-state index in [1.54, 1.807) is 12.1 Å². The summed E-state index contributed by atoms with van der Waals surface area (Å²) in [4.78, 5) is 14.7. The van der Waals surface area contributed by atoms with Crippen LogP contribution in [-0.2, 0) is 0 Å². The molecular weight excluding hydrogens is 214 g/mol. The highest BCUT2D eigenvalue weighted by Gasteiger charge is 2.00. The molecule has 0 amide bonds. The zero-order valence-electron chi connectivity index (χ0n) is 9.08. The molecule has 0 atom stereocenters. The second-order valence-corrected chi connectivity index (χ2v) is 3.52. The monoisotopic (exact) mass is 225 g/mol. The zero-order valence-corrected chi connectivity index (χ0v) is 9.08. The molecule has 3 heteroatoms. The largest absolute Gasteiger partial charge is 0.478 e.